The minimum atomic E-state index is -0.439. The molecule has 0 saturated carbocycles. The van der Waals surface area contributed by atoms with Crippen LogP contribution in [0.25, 0.3) is 10.6 Å². The number of nitrogens with one attached hydrogen (secondary N) is 1. The monoisotopic (exact) mass is 405 g/mol. The summed E-state index contributed by atoms with van der Waals surface area (Å²) in [6.07, 6.45) is -0.197. The van der Waals surface area contributed by atoms with Crippen LogP contribution in [0, 0.1) is 0 Å². The second kappa shape index (κ2) is 10.6. The third kappa shape index (κ3) is 6.08. The maximum atomic E-state index is 12.1. The van der Waals surface area contributed by atoms with Crippen LogP contribution in [0.15, 0.2) is 29.6 Å². The van der Waals surface area contributed by atoms with Crippen molar-refractivity contribution in [3.8, 4) is 10.6 Å². The van der Waals surface area contributed by atoms with E-state index in [1.165, 1.54) is 5.56 Å². The summed E-state index contributed by atoms with van der Waals surface area (Å²) in [5.41, 5.74) is 3.12. The highest BCUT2D eigenvalue weighted by molar-refractivity contribution is 7.13. The maximum absolute atomic E-state index is 12.1. The highest BCUT2D eigenvalue weighted by atomic mass is 32.1. The third-order valence-electron chi connectivity index (χ3n) is 4.60. The zero-order valence-corrected chi connectivity index (χ0v) is 17.2. The molecule has 2 heterocycles. The van der Waals surface area contributed by atoms with Gasteiger partial charge >= 0.3 is 0 Å². The fourth-order valence-corrected chi connectivity index (χ4v) is 3.80. The van der Waals surface area contributed by atoms with Crippen LogP contribution in [-0.4, -0.2) is 69.1 Å². The van der Waals surface area contributed by atoms with E-state index in [0.717, 1.165) is 49.1 Å². The Morgan fingerprint density at radius 3 is 2.64 bits per heavy atom. The summed E-state index contributed by atoms with van der Waals surface area (Å²) in [6, 6.07) is 8.49. The van der Waals surface area contributed by atoms with E-state index in [1.54, 1.807) is 25.6 Å². The molecule has 8 heteroatoms. The first kappa shape index (κ1) is 20.9. The number of methoxy groups -OCH3 is 2. The van der Waals surface area contributed by atoms with Gasteiger partial charge in [-0.05, 0) is 5.56 Å². The van der Waals surface area contributed by atoms with Gasteiger partial charge in [0.2, 0.25) is 5.91 Å². The zero-order chi connectivity index (χ0) is 19.8. The Hall–Kier alpha value is -1.84. The number of ether oxygens (including phenoxy) is 3. The van der Waals surface area contributed by atoms with Gasteiger partial charge in [0.25, 0.3) is 0 Å². The summed E-state index contributed by atoms with van der Waals surface area (Å²) in [6.45, 7) is 4.84. The van der Waals surface area contributed by atoms with Gasteiger partial charge in [0.05, 0.1) is 31.9 Å². The van der Waals surface area contributed by atoms with Gasteiger partial charge in [0.15, 0.2) is 6.29 Å². The lowest BCUT2D eigenvalue weighted by Crippen LogP contribution is -2.35. The lowest BCUT2D eigenvalue weighted by Gasteiger charge is -2.26. The predicted octanol–water partition coefficient (Wildman–Crippen LogP) is 1.92. The Bertz CT molecular complexity index is 740. The Kier molecular flexibility index (Phi) is 7.93. The summed E-state index contributed by atoms with van der Waals surface area (Å²) in [5.74, 6) is -0.100. The molecule has 0 radical (unpaired) electrons. The molecular formula is C20H27N3O4S. The maximum Gasteiger partial charge on any atom is 0.226 e. The number of rotatable bonds is 9. The lowest BCUT2D eigenvalue weighted by atomic mass is 10.1. The molecule has 0 atom stereocenters. The van der Waals surface area contributed by atoms with E-state index in [1.807, 2.05) is 5.38 Å². The van der Waals surface area contributed by atoms with E-state index in [0.29, 0.717) is 6.54 Å². The van der Waals surface area contributed by atoms with Gasteiger partial charge in [0, 0.05) is 44.8 Å². The standard InChI is InChI=1S/C20H27N3O4S/c1-25-19(26-2)12-21-18(24)11-17-14-28-20(22-17)16-5-3-15(4-6-16)13-23-7-9-27-10-8-23/h3-6,14,19H,7-13H2,1-2H3,(H,21,24). The molecule has 1 saturated heterocycles. The largest absolute Gasteiger partial charge is 0.379 e. The lowest BCUT2D eigenvalue weighted by molar-refractivity contribution is -0.126. The first-order valence-corrected chi connectivity index (χ1v) is 10.2. The van der Waals surface area contributed by atoms with Crippen molar-refractivity contribution in [2.24, 2.45) is 0 Å². The number of benzene rings is 1. The summed E-state index contributed by atoms with van der Waals surface area (Å²) >= 11 is 1.55. The molecule has 1 N–H and O–H groups in total. The Labute approximate surface area is 169 Å². The van der Waals surface area contributed by atoms with Crippen LogP contribution in [0.3, 0.4) is 0 Å². The van der Waals surface area contributed by atoms with Gasteiger partial charge in [-0.1, -0.05) is 24.3 Å². The van der Waals surface area contributed by atoms with Crippen molar-refractivity contribution in [3.63, 3.8) is 0 Å². The number of hydrogen-bond donors (Lipinski definition) is 1. The van der Waals surface area contributed by atoms with Crippen molar-refractivity contribution in [2.75, 3.05) is 47.1 Å². The minimum Gasteiger partial charge on any atom is -0.379 e. The topological polar surface area (TPSA) is 72.9 Å². The van der Waals surface area contributed by atoms with Crippen LogP contribution in [0.5, 0.6) is 0 Å². The molecule has 1 aromatic carbocycles. The highest BCUT2D eigenvalue weighted by Gasteiger charge is 2.13. The van der Waals surface area contributed by atoms with Crippen molar-refractivity contribution in [1.82, 2.24) is 15.2 Å². The molecule has 28 heavy (non-hydrogen) atoms. The minimum absolute atomic E-state index is 0.100. The number of hydrogen-bond acceptors (Lipinski definition) is 7. The number of thiazole rings is 1. The average Bonchev–Trinajstić information content (AvgIpc) is 3.18. The number of carbonyl (C=O) groups excluding carboxylic acids is 1. The second-order valence-corrected chi connectivity index (χ2v) is 7.47. The van der Waals surface area contributed by atoms with E-state index in [-0.39, 0.29) is 12.3 Å². The molecule has 1 aliphatic heterocycles. The predicted molar refractivity (Wildman–Crippen MR) is 108 cm³/mol. The Morgan fingerprint density at radius 2 is 1.96 bits per heavy atom. The van der Waals surface area contributed by atoms with Crippen LogP contribution in [0.1, 0.15) is 11.3 Å². The number of amides is 1. The van der Waals surface area contributed by atoms with E-state index in [4.69, 9.17) is 14.2 Å². The molecule has 0 bridgehead atoms. The normalized spacial score (nSPS) is 15.1. The van der Waals surface area contributed by atoms with Crippen LogP contribution in [-0.2, 0) is 32.0 Å². The summed E-state index contributed by atoms with van der Waals surface area (Å²) in [7, 11) is 3.08. The molecule has 7 nitrogen and oxygen atoms in total. The number of morpholine rings is 1. The van der Waals surface area contributed by atoms with Gasteiger partial charge in [-0.15, -0.1) is 11.3 Å². The number of nitrogens with zero attached hydrogens (tertiary/aromatic N) is 2. The van der Waals surface area contributed by atoms with E-state index in [9.17, 15) is 4.79 Å². The van der Waals surface area contributed by atoms with Gasteiger partial charge in [-0.25, -0.2) is 4.98 Å². The quantitative estimate of drug-likeness (QED) is 0.643. The summed E-state index contributed by atoms with van der Waals surface area (Å²) < 4.78 is 15.5. The van der Waals surface area contributed by atoms with Crippen molar-refractivity contribution in [1.29, 1.82) is 0 Å². The van der Waals surface area contributed by atoms with Crippen LogP contribution < -0.4 is 5.32 Å². The van der Waals surface area contributed by atoms with Crippen LogP contribution in [0.4, 0.5) is 0 Å². The zero-order valence-electron chi connectivity index (χ0n) is 16.3. The molecule has 1 aliphatic rings. The summed E-state index contributed by atoms with van der Waals surface area (Å²) in [5, 5.41) is 5.65. The van der Waals surface area contributed by atoms with Gasteiger partial charge < -0.3 is 19.5 Å². The highest BCUT2D eigenvalue weighted by Crippen LogP contribution is 2.24. The fourth-order valence-electron chi connectivity index (χ4n) is 2.98. The molecule has 1 amide bonds. The van der Waals surface area contributed by atoms with E-state index < -0.39 is 6.29 Å². The van der Waals surface area contributed by atoms with Crippen molar-refractivity contribution >= 4 is 17.2 Å². The Morgan fingerprint density at radius 1 is 1.25 bits per heavy atom. The molecule has 1 fully saturated rings. The van der Waals surface area contributed by atoms with Crippen LogP contribution >= 0.6 is 11.3 Å². The molecule has 0 unspecified atom stereocenters. The van der Waals surface area contributed by atoms with Crippen LogP contribution in [0.2, 0.25) is 0 Å². The van der Waals surface area contributed by atoms with Crippen molar-refractivity contribution in [3.05, 3.63) is 40.9 Å². The second-order valence-electron chi connectivity index (χ2n) is 6.61. The van der Waals surface area contributed by atoms with E-state index >= 15 is 0 Å². The van der Waals surface area contributed by atoms with Gasteiger partial charge in [-0.2, -0.15) is 0 Å². The molecule has 3 rings (SSSR count). The average molecular weight is 406 g/mol. The molecular weight excluding hydrogens is 378 g/mol. The number of carbonyl (C=O) groups is 1. The number of aromatic nitrogens is 1. The van der Waals surface area contributed by atoms with Crippen molar-refractivity contribution in [2.45, 2.75) is 19.3 Å². The molecule has 2 aromatic rings. The SMILES string of the molecule is COC(CNC(=O)Cc1csc(-c2ccc(CN3CCOCC3)cc2)n1)OC. The van der Waals surface area contributed by atoms with Gasteiger partial charge in [0.1, 0.15) is 5.01 Å². The van der Waals surface area contributed by atoms with E-state index in [2.05, 4.69) is 39.5 Å². The summed E-state index contributed by atoms with van der Waals surface area (Å²) in [4.78, 5) is 19.1. The fraction of sp³-hybridized carbons (Fsp3) is 0.500. The van der Waals surface area contributed by atoms with Crippen molar-refractivity contribution < 1.29 is 19.0 Å². The molecule has 1 aromatic heterocycles. The smallest absolute Gasteiger partial charge is 0.226 e. The molecule has 152 valence electrons. The van der Waals surface area contributed by atoms with Gasteiger partial charge in [-0.3, -0.25) is 9.69 Å². The first-order chi connectivity index (χ1) is 13.7. The first-order valence-electron chi connectivity index (χ1n) is 9.34. The molecule has 0 aliphatic carbocycles. The Balaban J connectivity index is 1.52. The molecule has 0 spiro atoms. The third-order valence-corrected chi connectivity index (χ3v) is 5.54.